The number of thiophene rings is 1. The van der Waals surface area contributed by atoms with Gasteiger partial charge in [-0.2, -0.15) is 0 Å². The van der Waals surface area contributed by atoms with Crippen molar-refractivity contribution in [1.29, 1.82) is 0 Å². The van der Waals surface area contributed by atoms with Crippen molar-refractivity contribution in [3.8, 4) is 0 Å². The molecule has 1 saturated heterocycles. The molecule has 35 heavy (non-hydrogen) atoms. The maximum absolute atomic E-state index is 13.6. The highest BCUT2D eigenvalue weighted by Crippen LogP contribution is 2.28. The highest BCUT2D eigenvalue weighted by Gasteiger charge is 2.32. The largest absolute Gasteiger partial charge is 0.334 e. The number of anilines is 1. The maximum atomic E-state index is 13.6. The summed E-state index contributed by atoms with van der Waals surface area (Å²) in [6.45, 7) is 5.80. The molecule has 180 valence electrons. The molecular formula is C27H27FN4O2S. The van der Waals surface area contributed by atoms with Gasteiger partial charge >= 0.3 is 6.03 Å². The molecule has 2 aromatic heterocycles. The highest BCUT2D eigenvalue weighted by molar-refractivity contribution is 7.16. The molecule has 4 aromatic rings. The van der Waals surface area contributed by atoms with Crippen LogP contribution in [0.4, 0.5) is 14.9 Å². The van der Waals surface area contributed by atoms with E-state index in [0.29, 0.717) is 31.9 Å². The Balaban J connectivity index is 1.31. The first-order chi connectivity index (χ1) is 16.9. The summed E-state index contributed by atoms with van der Waals surface area (Å²) in [4.78, 5) is 31.1. The van der Waals surface area contributed by atoms with Crippen LogP contribution in [0.2, 0.25) is 0 Å². The fraction of sp³-hybridized carbons (Fsp3) is 0.259. The van der Waals surface area contributed by atoms with E-state index in [1.165, 1.54) is 12.1 Å². The number of hydrogen-bond donors (Lipinski definition) is 1. The van der Waals surface area contributed by atoms with Crippen molar-refractivity contribution in [3.05, 3.63) is 88.7 Å². The second-order valence-corrected chi connectivity index (χ2v) is 9.91. The van der Waals surface area contributed by atoms with Gasteiger partial charge in [0.15, 0.2) is 0 Å². The van der Waals surface area contributed by atoms with E-state index in [1.54, 1.807) is 28.4 Å². The van der Waals surface area contributed by atoms with Crippen LogP contribution in [-0.2, 0) is 6.54 Å². The number of piperazine rings is 1. The van der Waals surface area contributed by atoms with E-state index in [2.05, 4.69) is 5.32 Å². The monoisotopic (exact) mass is 490 g/mol. The van der Waals surface area contributed by atoms with Gasteiger partial charge in [0.2, 0.25) is 0 Å². The number of urea groups is 1. The predicted octanol–water partition coefficient (Wildman–Crippen LogP) is 5.58. The van der Waals surface area contributed by atoms with E-state index < -0.39 is 0 Å². The van der Waals surface area contributed by atoms with E-state index in [9.17, 15) is 14.0 Å². The summed E-state index contributed by atoms with van der Waals surface area (Å²) in [5, 5.41) is 5.99. The number of aryl methyl sites for hydroxylation is 1. The molecule has 8 heteroatoms. The van der Waals surface area contributed by atoms with Gasteiger partial charge in [0.25, 0.3) is 5.91 Å². The zero-order chi connectivity index (χ0) is 24.5. The first-order valence-electron chi connectivity index (χ1n) is 11.6. The molecule has 3 amide bonds. The third-order valence-electron chi connectivity index (χ3n) is 6.42. The number of amides is 3. The van der Waals surface area contributed by atoms with Gasteiger partial charge in [0.1, 0.15) is 16.3 Å². The number of halogens is 1. The minimum absolute atomic E-state index is 0.0545. The van der Waals surface area contributed by atoms with Crippen LogP contribution in [0.5, 0.6) is 0 Å². The number of benzene rings is 2. The zero-order valence-corrected chi connectivity index (χ0v) is 20.5. The lowest BCUT2D eigenvalue weighted by Gasteiger charge is -2.39. The molecular weight excluding hydrogens is 463 g/mol. The molecule has 0 spiro atoms. The van der Waals surface area contributed by atoms with E-state index in [0.717, 1.165) is 27.0 Å². The Morgan fingerprint density at radius 2 is 1.89 bits per heavy atom. The maximum Gasteiger partial charge on any atom is 0.322 e. The fourth-order valence-electron chi connectivity index (χ4n) is 4.61. The number of fused-ring (bicyclic) bond motifs is 1. The molecule has 0 saturated carbocycles. The van der Waals surface area contributed by atoms with Crippen molar-refractivity contribution in [2.45, 2.75) is 26.4 Å². The van der Waals surface area contributed by atoms with Gasteiger partial charge < -0.3 is 19.7 Å². The van der Waals surface area contributed by atoms with Crippen molar-refractivity contribution in [2.75, 3.05) is 25.0 Å². The van der Waals surface area contributed by atoms with Crippen LogP contribution in [0.25, 0.3) is 10.2 Å². The number of nitrogens with one attached hydrogen (secondary N) is 1. The average Bonchev–Trinajstić information content (AvgIpc) is 3.42. The Morgan fingerprint density at radius 3 is 2.63 bits per heavy atom. The number of carbonyl (C=O) groups excluding carboxylic acids is 2. The Bertz CT molecular complexity index is 1380. The number of carbonyl (C=O) groups is 2. The lowest BCUT2D eigenvalue weighted by molar-refractivity contribution is 0.0583. The van der Waals surface area contributed by atoms with Crippen LogP contribution in [0, 0.1) is 12.7 Å². The summed E-state index contributed by atoms with van der Waals surface area (Å²) < 4.78 is 15.4. The molecule has 1 aliphatic heterocycles. The van der Waals surface area contributed by atoms with Crippen LogP contribution in [0.1, 0.15) is 28.5 Å². The van der Waals surface area contributed by atoms with Crippen LogP contribution in [0.15, 0.2) is 66.0 Å². The molecule has 0 aliphatic carbocycles. The summed E-state index contributed by atoms with van der Waals surface area (Å²) in [6.07, 6.45) is 0. The predicted molar refractivity (Wildman–Crippen MR) is 138 cm³/mol. The number of aromatic nitrogens is 1. The van der Waals surface area contributed by atoms with Crippen molar-refractivity contribution in [1.82, 2.24) is 14.4 Å². The molecule has 6 nitrogen and oxygen atoms in total. The molecule has 0 bridgehead atoms. The van der Waals surface area contributed by atoms with E-state index in [4.69, 9.17) is 0 Å². The molecule has 5 rings (SSSR count). The molecule has 0 unspecified atom stereocenters. The van der Waals surface area contributed by atoms with Crippen molar-refractivity contribution in [3.63, 3.8) is 0 Å². The lowest BCUT2D eigenvalue weighted by Crippen LogP contribution is -2.56. The van der Waals surface area contributed by atoms with Crippen LogP contribution in [-0.4, -0.2) is 52.0 Å². The second-order valence-electron chi connectivity index (χ2n) is 9.02. The van der Waals surface area contributed by atoms with E-state index in [-0.39, 0.29) is 23.8 Å². The average molecular weight is 491 g/mol. The van der Waals surface area contributed by atoms with Crippen molar-refractivity contribution >= 4 is 39.2 Å². The smallest absolute Gasteiger partial charge is 0.322 e. The first kappa shape index (κ1) is 23.1. The summed E-state index contributed by atoms with van der Waals surface area (Å²) >= 11 is 1.58. The topological polar surface area (TPSA) is 57.6 Å². The first-order valence-corrected chi connectivity index (χ1v) is 12.5. The van der Waals surface area contributed by atoms with Crippen LogP contribution < -0.4 is 5.32 Å². The van der Waals surface area contributed by atoms with Gasteiger partial charge in [0.05, 0.1) is 0 Å². The Labute approximate surface area is 207 Å². The number of nitrogens with zero attached hydrogens (tertiary/aromatic N) is 3. The molecule has 0 radical (unpaired) electrons. The van der Waals surface area contributed by atoms with Gasteiger partial charge in [-0.15, -0.1) is 11.3 Å². The van der Waals surface area contributed by atoms with Crippen LogP contribution in [0.3, 0.4) is 0 Å². The highest BCUT2D eigenvalue weighted by atomic mass is 32.1. The van der Waals surface area contributed by atoms with Gasteiger partial charge in [-0.05, 0) is 66.8 Å². The van der Waals surface area contributed by atoms with Gasteiger partial charge in [0, 0.05) is 43.3 Å². The molecule has 1 fully saturated rings. The minimum atomic E-state index is -0.280. The molecule has 1 N–H and O–H groups in total. The zero-order valence-electron chi connectivity index (χ0n) is 19.7. The molecule has 1 aliphatic rings. The summed E-state index contributed by atoms with van der Waals surface area (Å²) in [7, 11) is 0. The van der Waals surface area contributed by atoms with Crippen molar-refractivity contribution in [2.24, 2.45) is 0 Å². The summed E-state index contributed by atoms with van der Waals surface area (Å²) in [5.41, 5.74) is 3.38. The standard InChI is InChI=1S/C27H27FN4O2S/c1-18-4-3-5-23(14-18)29-27(34)31-12-11-30(16-19(31)2)25(33)24-15-21-10-13-35-26(21)32(24)17-20-6-8-22(28)9-7-20/h3-10,13-15,19H,11-12,16-17H2,1-2H3,(H,29,34)/t19-/m1/s1. The normalized spacial score (nSPS) is 16.0. The third kappa shape index (κ3) is 4.79. The molecule has 3 heterocycles. The molecule has 2 aromatic carbocycles. The lowest BCUT2D eigenvalue weighted by atomic mass is 10.1. The SMILES string of the molecule is Cc1cccc(NC(=O)N2CCN(C(=O)c3cc4ccsc4n3Cc3ccc(F)cc3)C[C@H]2C)c1. The third-order valence-corrected chi connectivity index (χ3v) is 7.37. The van der Waals surface area contributed by atoms with Gasteiger partial charge in [-0.25, -0.2) is 9.18 Å². The summed E-state index contributed by atoms with van der Waals surface area (Å²) in [5.74, 6) is -0.335. The van der Waals surface area contributed by atoms with E-state index in [1.807, 2.05) is 65.1 Å². The summed E-state index contributed by atoms with van der Waals surface area (Å²) in [6, 6.07) is 17.7. The Morgan fingerprint density at radius 1 is 1.09 bits per heavy atom. The van der Waals surface area contributed by atoms with Crippen molar-refractivity contribution < 1.29 is 14.0 Å². The van der Waals surface area contributed by atoms with Gasteiger partial charge in [-0.1, -0.05) is 24.3 Å². The number of rotatable bonds is 4. The van der Waals surface area contributed by atoms with Crippen LogP contribution >= 0.6 is 11.3 Å². The number of hydrogen-bond acceptors (Lipinski definition) is 3. The van der Waals surface area contributed by atoms with Gasteiger partial charge in [-0.3, -0.25) is 4.79 Å². The van der Waals surface area contributed by atoms with E-state index >= 15 is 0 Å². The second kappa shape index (κ2) is 9.54. The fourth-order valence-corrected chi connectivity index (χ4v) is 5.50. The minimum Gasteiger partial charge on any atom is -0.334 e. The Hall–Kier alpha value is -3.65. The Kier molecular flexibility index (Phi) is 6.30. The molecule has 1 atom stereocenters. The quantitative estimate of drug-likeness (QED) is 0.406.